The normalized spacial score (nSPS) is 10.7. The zero-order valence-electron chi connectivity index (χ0n) is 11.1. The second-order valence-corrected chi connectivity index (χ2v) is 5.96. The summed E-state index contributed by atoms with van der Waals surface area (Å²) in [4.78, 5) is 9.98. The number of rotatable bonds is 4. The van der Waals surface area contributed by atoms with Crippen LogP contribution in [0.3, 0.4) is 0 Å². The van der Waals surface area contributed by atoms with Gasteiger partial charge in [-0.25, -0.2) is 8.42 Å². The number of nitriles is 1. The minimum Gasteiger partial charge on any atom is -0.393 e. The molecule has 0 aromatic heterocycles. The number of nitrogens with two attached hydrogens (primary N) is 1. The van der Waals surface area contributed by atoms with Crippen molar-refractivity contribution in [2.24, 2.45) is 0 Å². The lowest BCUT2D eigenvalue weighted by Crippen LogP contribution is -2.13. The third-order valence-corrected chi connectivity index (χ3v) is 4.13. The van der Waals surface area contributed by atoms with Gasteiger partial charge in [-0.1, -0.05) is 6.07 Å². The average molecular weight is 318 g/mol. The van der Waals surface area contributed by atoms with Gasteiger partial charge in [0.2, 0.25) is 0 Å². The molecule has 0 heterocycles. The fourth-order valence-electron chi connectivity index (χ4n) is 1.71. The fraction of sp³-hybridized carbons (Fsp3) is 0. The van der Waals surface area contributed by atoms with E-state index < -0.39 is 20.6 Å². The van der Waals surface area contributed by atoms with E-state index in [0.717, 1.165) is 6.07 Å². The van der Waals surface area contributed by atoms with Gasteiger partial charge in [0, 0.05) is 6.07 Å². The summed E-state index contributed by atoms with van der Waals surface area (Å²) in [5.41, 5.74) is 5.17. The van der Waals surface area contributed by atoms with Crippen LogP contribution >= 0.6 is 0 Å². The molecule has 22 heavy (non-hydrogen) atoms. The van der Waals surface area contributed by atoms with Gasteiger partial charge in [-0.3, -0.25) is 14.8 Å². The molecular formula is C13H10N4O4S. The molecule has 0 saturated carbocycles. The van der Waals surface area contributed by atoms with E-state index in [9.17, 15) is 18.5 Å². The summed E-state index contributed by atoms with van der Waals surface area (Å²) in [6, 6.07) is 10.8. The number of hydrogen-bond donors (Lipinski definition) is 2. The van der Waals surface area contributed by atoms with E-state index in [-0.39, 0.29) is 21.8 Å². The van der Waals surface area contributed by atoms with Crippen LogP contribution in [0.5, 0.6) is 0 Å². The first-order valence-electron chi connectivity index (χ1n) is 5.90. The summed E-state index contributed by atoms with van der Waals surface area (Å²) in [7, 11) is -3.97. The van der Waals surface area contributed by atoms with Crippen molar-refractivity contribution in [2.75, 3.05) is 10.5 Å². The molecule has 0 radical (unpaired) electrons. The molecule has 0 atom stereocenters. The first-order chi connectivity index (χ1) is 10.3. The number of nitro groups is 1. The van der Waals surface area contributed by atoms with Crippen LogP contribution in [-0.4, -0.2) is 13.3 Å². The Morgan fingerprint density at radius 1 is 1.23 bits per heavy atom. The maximum Gasteiger partial charge on any atom is 0.294 e. The molecule has 3 N–H and O–H groups in total. The third-order valence-electron chi connectivity index (χ3n) is 2.75. The Morgan fingerprint density at radius 2 is 1.95 bits per heavy atom. The summed E-state index contributed by atoms with van der Waals surface area (Å²) in [6.07, 6.45) is 0. The molecule has 112 valence electrons. The van der Waals surface area contributed by atoms with Crippen molar-refractivity contribution in [3.8, 4) is 6.07 Å². The zero-order valence-corrected chi connectivity index (χ0v) is 11.9. The Balaban J connectivity index is 2.39. The van der Waals surface area contributed by atoms with Gasteiger partial charge < -0.3 is 5.73 Å². The number of nitrogens with one attached hydrogen (secondary N) is 1. The van der Waals surface area contributed by atoms with Crippen molar-refractivity contribution in [3.63, 3.8) is 0 Å². The van der Waals surface area contributed by atoms with Gasteiger partial charge in [0.05, 0.1) is 27.1 Å². The van der Waals surface area contributed by atoms with Gasteiger partial charge >= 0.3 is 0 Å². The summed E-state index contributed by atoms with van der Waals surface area (Å²) in [6.45, 7) is 0. The van der Waals surface area contributed by atoms with Crippen molar-refractivity contribution in [1.82, 2.24) is 0 Å². The third kappa shape index (κ3) is 3.13. The highest BCUT2D eigenvalue weighted by atomic mass is 32.2. The number of anilines is 2. The second kappa shape index (κ2) is 5.71. The standard InChI is InChI=1S/C13H10N4O4S/c14-8-9-2-1-3-11(6-9)22(20,21)16-10-4-5-12(15)13(7-10)17(18)19/h1-7,16H,15H2. The Hall–Kier alpha value is -3.12. The molecule has 0 saturated heterocycles. The van der Waals surface area contributed by atoms with Gasteiger partial charge in [0.1, 0.15) is 5.69 Å². The molecule has 2 aromatic carbocycles. The minimum atomic E-state index is -3.97. The highest BCUT2D eigenvalue weighted by molar-refractivity contribution is 7.92. The highest BCUT2D eigenvalue weighted by Gasteiger charge is 2.18. The van der Waals surface area contributed by atoms with Crippen molar-refractivity contribution in [1.29, 1.82) is 5.26 Å². The van der Waals surface area contributed by atoms with Gasteiger partial charge in [0.25, 0.3) is 15.7 Å². The molecule has 0 aliphatic rings. The Morgan fingerprint density at radius 3 is 2.59 bits per heavy atom. The molecule has 9 heteroatoms. The van der Waals surface area contributed by atoms with Gasteiger partial charge in [-0.05, 0) is 30.3 Å². The van der Waals surface area contributed by atoms with Crippen LogP contribution < -0.4 is 10.5 Å². The number of nitrogen functional groups attached to an aromatic ring is 1. The Kier molecular flexibility index (Phi) is 3.96. The van der Waals surface area contributed by atoms with E-state index in [1.54, 1.807) is 0 Å². The lowest BCUT2D eigenvalue weighted by Gasteiger charge is -2.08. The molecule has 0 aliphatic heterocycles. The van der Waals surface area contributed by atoms with Crippen LogP contribution in [-0.2, 0) is 10.0 Å². The van der Waals surface area contributed by atoms with Crippen molar-refractivity contribution >= 4 is 27.1 Å². The van der Waals surface area contributed by atoms with E-state index >= 15 is 0 Å². The smallest absolute Gasteiger partial charge is 0.294 e. The van der Waals surface area contributed by atoms with E-state index in [2.05, 4.69) is 4.72 Å². The topological polar surface area (TPSA) is 139 Å². The maximum atomic E-state index is 12.2. The fourth-order valence-corrected chi connectivity index (χ4v) is 2.81. The first kappa shape index (κ1) is 15.3. The highest BCUT2D eigenvalue weighted by Crippen LogP contribution is 2.26. The molecule has 2 rings (SSSR count). The van der Waals surface area contributed by atoms with E-state index in [1.807, 2.05) is 6.07 Å². The zero-order chi connectivity index (χ0) is 16.3. The number of nitro benzene ring substituents is 1. The molecule has 0 bridgehead atoms. The summed E-state index contributed by atoms with van der Waals surface area (Å²) >= 11 is 0. The average Bonchev–Trinajstić information content (AvgIpc) is 2.48. The largest absolute Gasteiger partial charge is 0.393 e. The molecule has 0 unspecified atom stereocenters. The van der Waals surface area contributed by atoms with E-state index in [4.69, 9.17) is 11.0 Å². The minimum absolute atomic E-state index is 0.00302. The van der Waals surface area contributed by atoms with Gasteiger partial charge in [-0.2, -0.15) is 5.26 Å². The monoisotopic (exact) mass is 318 g/mol. The molecule has 2 aromatic rings. The summed E-state index contributed by atoms with van der Waals surface area (Å²) in [5, 5.41) is 19.6. The molecule has 0 amide bonds. The van der Waals surface area contributed by atoms with E-state index in [1.165, 1.54) is 36.4 Å². The van der Waals surface area contributed by atoms with Crippen LogP contribution in [0.25, 0.3) is 0 Å². The van der Waals surface area contributed by atoms with Crippen LogP contribution in [0.4, 0.5) is 17.1 Å². The Labute approximate surface area is 126 Å². The number of hydrogen-bond acceptors (Lipinski definition) is 6. The molecular weight excluding hydrogens is 308 g/mol. The van der Waals surface area contributed by atoms with Crippen LogP contribution in [0.1, 0.15) is 5.56 Å². The van der Waals surface area contributed by atoms with E-state index in [0.29, 0.717) is 0 Å². The summed E-state index contributed by atoms with van der Waals surface area (Å²) < 4.78 is 26.6. The Bertz CT molecular complexity index is 887. The first-order valence-corrected chi connectivity index (χ1v) is 7.39. The van der Waals surface area contributed by atoms with Crippen LogP contribution in [0, 0.1) is 21.4 Å². The van der Waals surface area contributed by atoms with Gasteiger partial charge in [0.15, 0.2) is 0 Å². The molecule has 0 aliphatic carbocycles. The maximum absolute atomic E-state index is 12.2. The number of benzene rings is 2. The molecule has 8 nitrogen and oxygen atoms in total. The van der Waals surface area contributed by atoms with Crippen molar-refractivity contribution in [2.45, 2.75) is 4.90 Å². The summed E-state index contributed by atoms with van der Waals surface area (Å²) in [5.74, 6) is 0. The second-order valence-electron chi connectivity index (χ2n) is 4.28. The SMILES string of the molecule is N#Cc1cccc(S(=O)(=O)Nc2ccc(N)c([N+](=O)[O-])c2)c1. The number of nitrogens with zero attached hydrogens (tertiary/aromatic N) is 2. The molecule has 0 spiro atoms. The lowest BCUT2D eigenvalue weighted by molar-refractivity contribution is -0.383. The van der Waals surface area contributed by atoms with Gasteiger partial charge in [-0.15, -0.1) is 0 Å². The van der Waals surface area contributed by atoms with Crippen LogP contribution in [0.15, 0.2) is 47.4 Å². The van der Waals surface area contributed by atoms with Crippen LogP contribution in [0.2, 0.25) is 0 Å². The lowest BCUT2D eigenvalue weighted by atomic mass is 10.2. The molecule has 0 fully saturated rings. The predicted molar refractivity (Wildman–Crippen MR) is 79.5 cm³/mol. The number of sulfonamides is 1. The van der Waals surface area contributed by atoms with Crippen molar-refractivity contribution in [3.05, 3.63) is 58.1 Å². The predicted octanol–water partition coefficient (Wildman–Crippen LogP) is 1.85. The quantitative estimate of drug-likeness (QED) is 0.501. The van der Waals surface area contributed by atoms with Crippen molar-refractivity contribution < 1.29 is 13.3 Å².